The number of rotatable bonds is 0. The van der Waals surface area contributed by atoms with Gasteiger partial charge in [-0.15, -0.1) is 0 Å². The molecule has 1 heterocycles. The summed E-state index contributed by atoms with van der Waals surface area (Å²) in [7, 11) is 0. The summed E-state index contributed by atoms with van der Waals surface area (Å²) < 4.78 is 5.26. The second-order valence-corrected chi connectivity index (χ2v) is 6.44. The van der Waals surface area contributed by atoms with Crippen molar-refractivity contribution in [2.75, 3.05) is 0 Å². The van der Waals surface area contributed by atoms with E-state index < -0.39 is 28.7 Å². The molecule has 0 bridgehead atoms. The summed E-state index contributed by atoms with van der Waals surface area (Å²) in [6, 6.07) is 0. The average Bonchev–Trinajstić information content (AvgIpc) is 2.67. The van der Waals surface area contributed by atoms with Crippen molar-refractivity contribution in [1.29, 1.82) is 0 Å². The van der Waals surface area contributed by atoms with Gasteiger partial charge in [-0.05, 0) is 38.8 Å². The maximum atomic E-state index is 12.3. The minimum absolute atomic E-state index is 0.251. The molecule has 0 spiro atoms. The highest BCUT2D eigenvalue weighted by atomic mass is 16.6. The van der Waals surface area contributed by atoms with Gasteiger partial charge in [0, 0.05) is 11.5 Å². The number of ether oxygens (including phenoxy) is 1. The van der Waals surface area contributed by atoms with Crippen LogP contribution >= 0.6 is 0 Å². The second kappa shape index (κ2) is 3.59. The number of fused-ring (bicyclic) bond motifs is 3. The molecule has 0 aromatic carbocycles. The zero-order chi connectivity index (χ0) is 14.9. The van der Waals surface area contributed by atoms with E-state index in [1.54, 1.807) is 6.92 Å². The highest BCUT2D eigenvalue weighted by Crippen LogP contribution is 2.58. The van der Waals surface area contributed by atoms with E-state index in [2.05, 4.69) is 6.58 Å². The average molecular weight is 278 g/mol. The van der Waals surface area contributed by atoms with E-state index in [9.17, 15) is 19.8 Å². The zero-order valence-corrected chi connectivity index (χ0v) is 11.5. The lowest BCUT2D eigenvalue weighted by Gasteiger charge is -2.58. The maximum absolute atomic E-state index is 12.3. The molecule has 3 aliphatic rings. The van der Waals surface area contributed by atoms with E-state index in [1.165, 1.54) is 19.1 Å². The summed E-state index contributed by atoms with van der Waals surface area (Å²) in [5.41, 5.74) is -4.35. The molecule has 108 valence electrons. The largest absolute Gasteiger partial charge is 0.455 e. The molecule has 1 saturated heterocycles. The Balaban J connectivity index is 2.20. The standard InChI is InChI=1S/C15H18O5/c1-8-9-4-6-13(2)10(16)5-7-14(3,18)15(13,19)11(9)20-12(8)17/h5,7,9,11,18-19H,1,4,6H2,2-3H3. The number of allylic oxidation sites excluding steroid dienone is 1. The second-order valence-electron chi connectivity index (χ2n) is 6.44. The molecule has 5 unspecified atom stereocenters. The van der Waals surface area contributed by atoms with Gasteiger partial charge >= 0.3 is 5.97 Å². The van der Waals surface area contributed by atoms with Crippen molar-refractivity contribution < 1.29 is 24.5 Å². The fraction of sp³-hybridized carbons (Fsp3) is 0.600. The van der Waals surface area contributed by atoms with Crippen LogP contribution in [-0.4, -0.2) is 39.3 Å². The molecule has 3 rings (SSSR count). The van der Waals surface area contributed by atoms with Crippen LogP contribution in [0.3, 0.4) is 0 Å². The Bertz CT molecular complexity index is 561. The molecule has 0 radical (unpaired) electrons. The van der Waals surface area contributed by atoms with Crippen LogP contribution in [0.1, 0.15) is 26.7 Å². The fourth-order valence-corrected chi connectivity index (χ4v) is 3.96. The van der Waals surface area contributed by atoms with E-state index in [4.69, 9.17) is 4.74 Å². The number of ketones is 1. The van der Waals surface area contributed by atoms with Crippen LogP contribution in [0.5, 0.6) is 0 Å². The van der Waals surface area contributed by atoms with Gasteiger partial charge in [-0.1, -0.05) is 6.58 Å². The molecule has 0 aromatic heterocycles. The SMILES string of the molecule is C=C1C(=O)OC2C1CCC1(C)C(=O)C=CC(C)(O)C21O. The van der Waals surface area contributed by atoms with E-state index >= 15 is 0 Å². The van der Waals surface area contributed by atoms with Crippen LogP contribution in [0.25, 0.3) is 0 Å². The smallest absolute Gasteiger partial charge is 0.334 e. The molecule has 0 aromatic rings. The maximum Gasteiger partial charge on any atom is 0.334 e. The van der Waals surface area contributed by atoms with Crippen LogP contribution < -0.4 is 0 Å². The highest BCUT2D eigenvalue weighted by molar-refractivity contribution is 5.98. The van der Waals surface area contributed by atoms with Crippen molar-refractivity contribution in [3.63, 3.8) is 0 Å². The van der Waals surface area contributed by atoms with Gasteiger partial charge in [-0.2, -0.15) is 0 Å². The van der Waals surface area contributed by atoms with Crippen LogP contribution in [0.15, 0.2) is 24.3 Å². The molecule has 5 heteroatoms. The quantitative estimate of drug-likeness (QED) is 0.498. The summed E-state index contributed by atoms with van der Waals surface area (Å²) in [5, 5.41) is 21.8. The van der Waals surface area contributed by atoms with Crippen molar-refractivity contribution in [1.82, 2.24) is 0 Å². The lowest BCUT2D eigenvalue weighted by molar-refractivity contribution is -0.253. The van der Waals surface area contributed by atoms with Gasteiger partial charge in [0.05, 0.1) is 5.41 Å². The Morgan fingerprint density at radius 2 is 2.00 bits per heavy atom. The lowest BCUT2D eigenvalue weighted by atomic mass is 9.50. The van der Waals surface area contributed by atoms with Gasteiger partial charge in [0.1, 0.15) is 17.3 Å². The minimum Gasteiger partial charge on any atom is -0.455 e. The Morgan fingerprint density at radius 3 is 2.65 bits per heavy atom. The molecule has 1 saturated carbocycles. The zero-order valence-electron chi connectivity index (χ0n) is 11.5. The number of carbonyl (C=O) groups is 2. The van der Waals surface area contributed by atoms with Gasteiger partial charge < -0.3 is 14.9 Å². The van der Waals surface area contributed by atoms with Crippen molar-refractivity contribution in [3.05, 3.63) is 24.3 Å². The predicted octanol–water partition coefficient (Wildman–Crippen LogP) is 0.505. The molecular formula is C15H18O5. The number of aliphatic hydroxyl groups is 2. The Kier molecular flexibility index (Phi) is 2.43. The predicted molar refractivity (Wildman–Crippen MR) is 69.6 cm³/mol. The molecule has 1 aliphatic heterocycles. The number of esters is 1. The third-order valence-corrected chi connectivity index (χ3v) is 5.39. The van der Waals surface area contributed by atoms with Crippen LogP contribution in [0, 0.1) is 11.3 Å². The van der Waals surface area contributed by atoms with Gasteiger partial charge in [0.2, 0.25) is 0 Å². The topological polar surface area (TPSA) is 83.8 Å². The molecule has 2 fully saturated rings. The van der Waals surface area contributed by atoms with Crippen molar-refractivity contribution >= 4 is 11.8 Å². The van der Waals surface area contributed by atoms with E-state index in [-0.39, 0.29) is 11.7 Å². The molecule has 2 aliphatic carbocycles. The molecule has 5 atom stereocenters. The molecular weight excluding hydrogens is 260 g/mol. The first-order chi connectivity index (χ1) is 9.15. The summed E-state index contributed by atoms with van der Waals surface area (Å²) in [6.45, 7) is 6.77. The minimum atomic E-state index is -1.84. The summed E-state index contributed by atoms with van der Waals surface area (Å²) in [4.78, 5) is 24.0. The molecule has 2 N–H and O–H groups in total. The summed E-state index contributed by atoms with van der Waals surface area (Å²) >= 11 is 0. The molecule has 0 amide bonds. The van der Waals surface area contributed by atoms with Crippen molar-refractivity contribution in [2.45, 2.75) is 44.0 Å². The van der Waals surface area contributed by atoms with Crippen molar-refractivity contribution in [3.8, 4) is 0 Å². The van der Waals surface area contributed by atoms with Gasteiger partial charge in [-0.25, -0.2) is 4.79 Å². The van der Waals surface area contributed by atoms with Gasteiger partial charge in [-0.3, -0.25) is 4.79 Å². The molecule has 5 nitrogen and oxygen atoms in total. The van der Waals surface area contributed by atoms with Crippen LogP contribution in [0.2, 0.25) is 0 Å². The normalized spacial score (nSPS) is 50.7. The third-order valence-electron chi connectivity index (χ3n) is 5.39. The summed E-state index contributed by atoms with van der Waals surface area (Å²) in [5.74, 6) is -1.17. The first kappa shape index (κ1) is 13.5. The lowest BCUT2D eigenvalue weighted by Crippen LogP contribution is -2.73. The Labute approximate surface area is 116 Å². The molecule has 20 heavy (non-hydrogen) atoms. The van der Waals surface area contributed by atoms with Gasteiger partial charge in [0.15, 0.2) is 5.78 Å². The monoisotopic (exact) mass is 278 g/mol. The first-order valence-corrected chi connectivity index (χ1v) is 6.73. The van der Waals surface area contributed by atoms with E-state index in [1.807, 2.05) is 0 Å². The van der Waals surface area contributed by atoms with E-state index in [0.29, 0.717) is 18.4 Å². The number of hydrogen-bond acceptors (Lipinski definition) is 5. The van der Waals surface area contributed by atoms with E-state index in [0.717, 1.165) is 0 Å². The fourth-order valence-electron chi connectivity index (χ4n) is 3.96. The van der Waals surface area contributed by atoms with Crippen LogP contribution in [-0.2, 0) is 14.3 Å². The number of carbonyl (C=O) groups excluding carboxylic acids is 2. The van der Waals surface area contributed by atoms with Crippen molar-refractivity contribution in [2.24, 2.45) is 11.3 Å². The summed E-state index contributed by atoms with van der Waals surface area (Å²) in [6.07, 6.45) is 2.56. The third kappa shape index (κ3) is 1.25. The van der Waals surface area contributed by atoms with Crippen LogP contribution in [0.4, 0.5) is 0 Å². The van der Waals surface area contributed by atoms with Gasteiger partial charge in [0.25, 0.3) is 0 Å². The highest BCUT2D eigenvalue weighted by Gasteiger charge is 2.72. The Hall–Kier alpha value is -1.46. The number of hydrogen-bond donors (Lipinski definition) is 2. The Morgan fingerprint density at radius 1 is 1.35 bits per heavy atom. The first-order valence-electron chi connectivity index (χ1n) is 6.73.